The van der Waals surface area contributed by atoms with Crippen LogP contribution in [0.15, 0.2) is 23.1 Å². The molecule has 0 radical (unpaired) electrons. The molecule has 1 heterocycles. The van der Waals surface area contributed by atoms with Crippen molar-refractivity contribution in [1.29, 1.82) is 0 Å². The Morgan fingerprint density at radius 2 is 1.85 bits per heavy atom. The first-order valence-electron chi connectivity index (χ1n) is 3.44. The molecule has 1 aromatic heterocycles. The molecule has 0 amide bonds. The quantitative estimate of drug-likeness (QED) is 0.686. The molecule has 66 valence electrons. The van der Waals surface area contributed by atoms with Crippen molar-refractivity contribution in [2.24, 2.45) is 0 Å². The molecule has 0 aliphatic carbocycles. The molecule has 0 fully saturated rings. The van der Waals surface area contributed by atoms with E-state index in [9.17, 15) is 0 Å². The van der Waals surface area contributed by atoms with Gasteiger partial charge in [-0.25, -0.2) is 9.97 Å². The summed E-state index contributed by atoms with van der Waals surface area (Å²) in [6, 6.07) is 3.46. The van der Waals surface area contributed by atoms with Crippen molar-refractivity contribution in [1.82, 2.24) is 9.97 Å². The van der Waals surface area contributed by atoms with Crippen molar-refractivity contribution in [2.75, 3.05) is 0 Å². The van der Waals surface area contributed by atoms with Crippen molar-refractivity contribution in [3.8, 4) is 0 Å². The van der Waals surface area contributed by atoms with E-state index in [1.54, 1.807) is 18.3 Å². The maximum Gasteiger partial charge on any atom is 0.197 e. The first kappa shape index (κ1) is 9.19. The second-order valence-corrected chi connectivity index (χ2v) is 3.99. The molecule has 0 aliphatic heterocycles. The number of hydrogen-bond acceptors (Lipinski definition) is 2. The minimum atomic E-state index is 0.500. The van der Waals surface area contributed by atoms with E-state index >= 15 is 0 Å². The average Bonchev–Trinajstić information content (AvgIpc) is 2.08. The van der Waals surface area contributed by atoms with Gasteiger partial charge in [-0.3, -0.25) is 0 Å². The van der Waals surface area contributed by atoms with Crippen LogP contribution in [0.4, 0.5) is 0 Å². The lowest BCUT2D eigenvalue weighted by Crippen LogP contribution is -1.84. The number of rotatable bonds is 0. The Morgan fingerprint density at radius 3 is 2.62 bits per heavy atom. The molecule has 1 aromatic carbocycles. The van der Waals surface area contributed by atoms with E-state index < -0.39 is 0 Å². The lowest BCUT2D eigenvalue weighted by Gasteiger charge is -1.99. The molecule has 2 rings (SSSR count). The van der Waals surface area contributed by atoms with Crippen LogP contribution in [0.3, 0.4) is 0 Å². The topological polar surface area (TPSA) is 25.8 Å². The number of hydrogen-bond donors (Lipinski definition) is 0. The predicted octanol–water partition coefficient (Wildman–Crippen LogP) is 3.70. The highest BCUT2D eigenvalue weighted by Crippen LogP contribution is 2.26. The number of fused-ring (bicyclic) bond motifs is 1. The maximum absolute atomic E-state index is 5.83. The van der Waals surface area contributed by atoms with E-state index in [2.05, 4.69) is 25.9 Å². The van der Waals surface area contributed by atoms with Crippen LogP contribution in [0.1, 0.15) is 0 Å². The van der Waals surface area contributed by atoms with Crippen LogP contribution < -0.4 is 0 Å². The Bertz CT molecular complexity index is 473. The van der Waals surface area contributed by atoms with Gasteiger partial charge in [-0.2, -0.15) is 0 Å². The van der Waals surface area contributed by atoms with Gasteiger partial charge in [-0.15, -0.1) is 0 Å². The number of nitrogens with zero attached hydrogens (tertiary/aromatic N) is 2. The first-order chi connectivity index (χ1) is 6.16. The van der Waals surface area contributed by atoms with E-state index in [1.807, 2.05) is 0 Å². The Balaban J connectivity index is 2.81. The molecule has 0 unspecified atom stereocenters. The van der Waals surface area contributed by atoms with Crippen molar-refractivity contribution in [2.45, 2.75) is 0 Å². The number of halogens is 3. The molecule has 0 aliphatic rings. The lowest BCUT2D eigenvalue weighted by atomic mass is 10.2. The summed E-state index contributed by atoms with van der Waals surface area (Å²) < 4.78 is 0.540. The van der Waals surface area contributed by atoms with Crippen LogP contribution in [0.2, 0.25) is 10.0 Å². The summed E-state index contributed by atoms with van der Waals surface area (Å²) >= 11 is 14.8. The summed E-state index contributed by atoms with van der Waals surface area (Å²) in [4.78, 5) is 8.12. The summed E-state index contributed by atoms with van der Waals surface area (Å²) in [7, 11) is 0. The maximum atomic E-state index is 5.83. The monoisotopic (exact) mass is 276 g/mol. The van der Waals surface area contributed by atoms with Gasteiger partial charge in [0, 0.05) is 11.6 Å². The minimum absolute atomic E-state index is 0.500. The van der Waals surface area contributed by atoms with Gasteiger partial charge in [-0.05, 0) is 28.1 Å². The number of aromatic nitrogens is 2. The number of benzene rings is 1. The molecule has 0 atom stereocenters. The smallest absolute Gasteiger partial charge is 0.197 e. The standard InChI is InChI=1S/C8H3BrCl2N2/c9-8-12-3-4-1-5(10)6(11)2-7(4)13-8/h1-3H. The summed E-state index contributed by atoms with van der Waals surface area (Å²) in [6.07, 6.45) is 1.69. The van der Waals surface area contributed by atoms with E-state index in [1.165, 1.54) is 0 Å². The highest BCUT2D eigenvalue weighted by atomic mass is 79.9. The van der Waals surface area contributed by atoms with Gasteiger partial charge in [-0.1, -0.05) is 23.2 Å². The normalized spacial score (nSPS) is 10.7. The zero-order valence-corrected chi connectivity index (χ0v) is 9.36. The molecule has 0 saturated carbocycles. The zero-order chi connectivity index (χ0) is 9.42. The lowest BCUT2D eigenvalue weighted by molar-refractivity contribution is 1.16. The first-order valence-corrected chi connectivity index (χ1v) is 4.99. The van der Waals surface area contributed by atoms with Gasteiger partial charge < -0.3 is 0 Å². The summed E-state index contributed by atoms with van der Waals surface area (Å²) in [5.74, 6) is 0. The van der Waals surface area contributed by atoms with Crippen LogP contribution in [0.5, 0.6) is 0 Å². The van der Waals surface area contributed by atoms with Gasteiger partial charge in [0.2, 0.25) is 0 Å². The van der Waals surface area contributed by atoms with Gasteiger partial charge >= 0.3 is 0 Å². The van der Waals surface area contributed by atoms with Gasteiger partial charge in [0.05, 0.1) is 15.6 Å². The van der Waals surface area contributed by atoms with Crippen LogP contribution in [0, 0.1) is 0 Å². The molecule has 2 nitrogen and oxygen atoms in total. The Kier molecular flexibility index (Phi) is 2.41. The highest BCUT2D eigenvalue weighted by molar-refractivity contribution is 9.10. The molecule has 0 spiro atoms. The van der Waals surface area contributed by atoms with Crippen molar-refractivity contribution >= 4 is 50.0 Å². The van der Waals surface area contributed by atoms with Crippen LogP contribution in [0.25, 0.3) is 10.9 Å². The molecule has 0 saturated heterocycles. The third-order valence-electron chi connectivity index (χ3n) is 1.59. The second kappa shape index (κ2) is 3.40. The highest BCUT2D eigenvalue weighted by Gasteiger charge is 2.02. The Hall–Kier alpha value is -0.380. The second-order valence-electron chi connectivity index (χ2n) is 2.46. The third-order valence-corrected chi connectivity index (χ3v) is 2.70. The van der Waals surface area contributed by atoms with Crippen LogP contribution >= 0.6 is 39.1 Å². The summed E-state index contributed by atoms with van der Waals surface area (Å²) in [5.41, 5.74) is 0.774. The van der Waals surface area contributed by atoms with E-state index in [0.717, 1.165) is 10.9 Å². The van der Waals surface area contributed by atoms with Gasteiger partial charge in [0.15, 0.2) is 4.73 Å². The zero-order valence-electron chi connectivity index (χ0n) is 6.26. The average molecular weight is 278 g/mol. The molecule has 2 aromatic rings. The van der Waals surface area contributed by atoms with E-state index in [0.29, 0.717) is 14.8 Å². The van der Waals surface area contributed by atoms with Gasteiger partial charge in [0.1, 0.15) is 0 Å². The van der Waals surface area contributed by atoms with Crippen LogP contribution in [-0.4, -0.2) is 9.97 Å². The molecular formula is C8H3BrCl2N2. The minimum Gasteiger partial charge on any atom is -0.230 e. The Labute approximate surface area is 93.0 Å². The molecule has 5 heteroatoms. The van der Waals surface area contributed by atoms with Crippen molar-refractivity contribution in [3.05, 3.63) is 33.1 Å². The van der Waals surface area contributed by atoms with Crippen molar-refractivity contribution < 1.29 is 0 Å². The Morgan fingerprint density at radius 1 is 1.15 bits per heavy atom. The predicted molar refractivity (Wildman–Crippen MR) is 57.3 cm³/mol. The fourth-order valence-corrected chi connectivity index (χ4v) is 1.63. The molecule has 0 N–H and O–H groups in total. The van der Waals surface area contributed by atoms with E-state index in [4.69, 9.17) is 23.2 Å². The molecule has 0 bridgehead atoms. The largest absolute Gasteiger partial charge is 0.230 e. The fraction of sp³-hybridized carbons (Fsp3) is 0. The molecular weight excluding hydrogens is 275 g/mol. The van der Waals surface area contributed by atoms with E-state index in [-0.39, 0.29) is 0 Å². The summed E-state index contributed by atoms with van der Waals surface area (Å²) in [6.45, 7) is 0. The van der Waals surface area contributed by atoms with Crippen molar-refractivity contribution in [3.63, 3.8) is 0 Å². The van der Waals surface area contributed by atoms with Crippen LogP contribution in [-0.2, 0) is 0 Å². The SMILES string of the molecule is Clc1cc2cnc(Br)nc2cc1Cl. The fourth-order valence-electron chi connectivity index (χ4n) is 1.00. The summed E-state index contributed by atoms with van der Waals surface area (Å²) in [5, 5.41) is 1.89. The van der Waals surface area contributed by atoms with Gasteiger partial charge in [0.25, 0.3) is 0 Å². The molecule has 13 heavy (non-hydrogen) atoms. The third kappa shape index (κ3) is 1.77.